The quantitative estimate of drug-likeness (QED) is 0.0897. The molecule has 0 aliphatic rings. The Balaban J connectivity index is 1.79. The number of hydrogen-bond donors (Lipinski definition) is 1. The fourth-order valence-corrected chi connectivity index (χ4v) is 6.01. The molecule has 0 spiro atoms. The topological polar surface area (TPSA) is 28.7 Å². The average Bonchev–Trinajstić information content (AvgIpc) is 3.40. The lowest BCUT2D eigenvalue weighted by molar-refractivity contribution is 0.531. The SMILES string of the molecule is CCCCCCCCCCCCCCCCCc1cnc(CCCCCCCCCCCCCCCCC)[nH]1. The Morgan fingerprint density at radius 3 is 1.00 bits per heavy atom. The molecular weight excluding hydrogens is 472 g/mol. The van der Waals surface area contributed by atoms with Gasteiger partial charge in [-0.3, -0.25) is 0 Å². The lowest BCUT2D eigenvalue weighted by atomic mass is 10.0. The van der Waals surface area contributed by atoms with Gasteiger partial charge >= 0.3 is 0 Å². The zero-order valence-corrected chi connectivity index (χ0v) is 27.2. The number of H-pyrrole nitrogens is 1. The summed E-state index contributed by atoms with van der Waals surface area (Å²) in [5.74, 6) is 1.22. The van der Waals surface area contributed by atoms with Crippen LogP contribution >= 0.6 is 0 Å². The van der Waals surface area contributed by atoms with Gasteiger partial charge in [0.15, 0.2) is 0 Å². The van der Waals surface area contributed by atoms with E-state index in [1.54, 1.807) is 0 Å². The highest BCUT2D eigenvalue weighted by molar-refractivity contribution is 5.01. The maximum Gasteiger partial charge on any atom is 0.106 e. The van der Waals surface area contributed by atoms with Crippen LogP contribution in [-0.2, 0) is 12.8 Å². The van der Waals surface area contributed by atoms with Crippen molar-refractivity contribution in [2.45, 2.75) is 219 Å². The third-order valence-corrected chi connectivity index (χ3v) is 8.75. The van der Waals surface area contributed by atoms with Crippen molar-refractivity contribution in [1.29, 1.82) is 0 Å². The van der Waals surface area contributed by atoms with Crippen LogP contribution in [0.3, 0.4) is 0 Å². The number of rotatable bonds is 32. The molecule has 1 N–H and O–H groups in total. The molecule has 0 saturated heterocycles. The number of aryl methyl sites for hydroxylation is 2. The molecular formula is C37H72N2. The molecule has 39 heavy (non-hydrogen) atoms. The zero-order chi connectivity index (χ0) is 27.9. The normalized spacial score (nSPS) is 11.5. The van der Waals surface area contributed by atoms with Gasteiger partial charge in [-0.05, 0) is 19.3 Å². The number of unbranched alkanes of at least 4 members (excludes halogenated alkanes) is 28. The van der Waals surface area contributed by atoms with Crippen molar-refractivity contribution in [2.24, 2.45) is 0 Å². The Labute approximate surface area is 246 Å². The maximum atomic E-state index is 4.65. The molecule has 0 radical (unpaired) electrons. The van der Waals surface area contributed by atoms with Crippen LogP contribution < -0.4 is 0 Å². The summed E-state index contributed by atoms with van der Waals surface area (Å²) in [6.07, 6.45) is 47.4. The monoisotopic (exact) mass is 545 g/mol. The number of aromatic amines is 1. The lowest BCUT2D eigenvalue weighted by Gasteiger charge is -2.03. The number of imidazole rings is 1. The third-order valence-electron chi connectivity index (χ3n) is 8.75. The smallest absolute Gasteiger partial charge is 0.106 e. The van der Waals surface area contributed by atoms with Gasteiger partial charge in [-0.25, -0.2) is 4.98 Å². The highest BCUT2D eigenvalue weighted by atomic mass is 14.9. The molecule has 0 aliphatic heterocycles. The molecule has 0 amide bonds. The van der Waals surface area contributed by atoms with Crippen molar-refractivity contribution in [3.05, 3.63) is 17.7 Å². The molecule has 0 aromatic carbocycles. The molecule has 0 atom stereocenters. The summed E-state index contributed by atoms with van der Waals surface area (Å²) in [5, 5.41) is 0. The Morgan fingerprint density at radius 2 is 0.667 bits per heavy atom. The Hall–Kier alpha value is -0.790. The number of aromatic nitrogens is 2. The Bertz CT molecular complexity index is 529. The molecule has 0 saturated carbocycles. The molecule has 2 heteroatoms. The van der Waals surface area contributed by atoms with Gasteiger partial charge in [0.25, 0.3) is 0 Å². The summed E-state index contributed by atoms with van der Waals surface area (Å²) in [5.41, 5.74) is 1.36. The summed E-state index contributed by atoms with van der Waals surface area (Å²) >= 11 is 0. The van der Waals surface area contributed by atoms with E-state index in [2.05, 4.69) is 30.0 Å². The highest BCUT2D eigenvalue weighted by Crippen LogP contribution is 2.16. The van der Waals surface area contributed by atoms with E-state index in [9.17, 15) is 0 Å². The van der Waals surface area contributed by atoms with Gasteiger partial charge in [0.1, 0.15) is 5.82 Å². The fourth-order valence-electron chi connectivity index (χ4n) is 6.01. The van der Waals surface area contributed by atoms with Gasteiger partial charge in [0, 0.05) is 18.3 Å². The Morgan fingerprint density at radius 1 is 0.385 bits per heavy atom. The van der Waals surface area contributed by atoms with Crippen molar-refractivity contribution in [3.63, 3.8) is 0 Å². The van der Waals surface area contributed by atoms with Crippen LogP contribution in [0, 0.1) is 0 Å². The van der Waals surface area contributed by atoms with E-state index in [1.807, 2.05) is 0 Å². The molecule has 1 heterocycles. The summed E-state index contributed by atoms with van der Waals surface area (Å²) in [6.45, 7) is 4.60. The summed E-state index contributed by atoms with van der Waals surface area (Å²) in [4.78, 5) is 8.25. The molecule has 230 valence electrons. The van der Waals surface area contributed by atoms with Crippen LogP contribution in [-0.4, -0.2) is 9.97 Å². The van der Waals surface area contributed by atoms with Gasteiger partial charge in [-0.15, -0.1) is 0 Å². The molecule has 0 unspecified atom stereocenters. The third kappa shape index (κ3) is 25.9. The van der Waals surface area contributed by atoms with Crippen molar-refractivity contribution >= 4 is 0 Å². The fraction of sp³-hybridized carbons (Fsp3) is 0.919. The van der Waals surface area contributed by atoms with E-state index in [4.69, 9.17) is 0 Å². The second kappa shape index (κ2) is 30.2. The molecule has 2 nitrogen and oxygen atoms in total. The first-order valence-corrected chi connectivity index (χ1v) is 18.4. The van der Waals surface area contributed by atoms with Gasteiger partial charge in [-0.1, -0.05) is 194 Å². The minimum atomic E-state index is 1.14. The van der Waals surface area contributed by atoms with Gasteiger partial charge < -0.3 is 4.98 Å². The molecule has 0 aliphatic carbocycles. The van der Waals surface area contributed by atoms with Crippen LogP contribution in [0.4, 0.5) is 0 Å². The maximum absolute atomic E-state index is 4.65. The van der Waals surface area contributed by atoms with E-state index < -0.39 is 0 Å². The minimum absolute atomic E-state index is 1.14. The van der Waals surface area contributed by atoms with E-state index in [1.165, 1.54) is 211 Å². The van der Waals surface area contributed by atoms with Crippen LogP contribution in [0.15, 0.2) is 6.20 Å². The zero-order valence-electron chi connectivity index (χ0n) is 27.2. The van der Waals surface area contributed by atoms with E-state index >= 15 is 0 Å². The van der Waals surface area contributed by atoms with Crippen LogP contribution in [0.2, 0.25) is 0 Å². The van der Waals surface area contributed by atoms with Gasteiger partial charge in [0.2, 0.25) is 0 Å². The molecule has 1 aromatic heterocycles. The number of nitrogens with zero attached hydrogens (tertiary/aromatic N) is 1. The van der Waals surface area contributed by atoms with Crippen molar-refractivity contribution in [1.82, 2.24) is 9.97 Å². The van der Waals surface area contributed by atoms with Crippen LogP contribution in [0.1, 0.15) is 218 Å². The highest BCUT2D eigenvalue weighted by Gasteiger charge is 2.02. The summed E-state index contributed by atoms with van der Waals surface area (Å²) < 4.78 is 0. The van der Waals surface area contributed by atoms with E-state index in [0.29, 0.717) is 0 Å². The Kier molecular flexibility index (Phi) is 28.0. The first-order chi connectivity index (χ1) is 19.4. The molecule has 0 bridgehead atoms. The van der Waals surface area contributed by atoms with E-state index in [0.717, 1.165) is 6.42 Å². The predicted molar refractivity (Wildman–Crippen MR) is 176 cm³/mol. The van der Waals surface area contributed by atoms with E-state index in [-0.39, 0.29) is 0 Å². The molecule has 0 fully saturated rings. The lowest BCUT2D eigenvalue weighted by Crippen LogP contribution is -1.91. The van der Waals surface area contributed by atoms with Crippen molar-refractivity contribution in [2.75, 3.05) is 0 Å². The second-order valence-corrected chi connectivity index (χ2v) is 12.8. The van der Waals surface area contributed by atoms with Gasteiger partial charge in [0.05, 0.1) is 0 Å². The molecule has 1 aromatic rings. The predicted octanol–water partition coefficient (Wildman–Crippen LogP) is 13.2. The second-order valence-electron chi connectivity index (χ2n) is 12.8. The van der Waals surface area contributed by atoms with Crippen LogP contribution in [0.25, 0.3) is 0 Å². The van der Waals surface area contributed by atoms with Crippen molar-refractivity contribution in [3.8, 4) is 0 Å². The van der Waals surface area contributed by atoms with Gasteiger partial charge in [-0.2, -0.15) is 0 Å². The van der Waals surface area contributed by atoms with Crippen LogP contribution in [0.5, 0.6) is 0 Å². The summed E-state index contributed by atoms with van der Waals surface area (Å²) in [7, 11) is 0. The number of nitrogens with one attached hydrogen (secondary N) is 1. The first kappa shape index (κ1) is 36.2. The largest absolute Gasteiger partial charge is 0.346 e. The minimum Gasteiger partial charge on any atom is -0.346 e. The standard InChI is InChI=1S/C37H72N2/c1-3-5-7-9-11-13-15-17-19-21-23-25-27-29-31-33-36-35-38-37(39-36)34-32-30-28-26-24-22-20-18-16-14-12-10-8-6-4-2/h35H,3-34H2,1-2H3,(H,38,39). The number of hydrogen-bond acceptors (Lipinski definition) is 1. The van der Waals surface area contributed by atoms with Crippen molar-refractivity contribution < 1.29 is 0 Å². The first-order valence-electron chi connectivity index (χ1n) is 18.4. The summed E-state index contributed by atoms with van der Waals surface area (Å²) in [6, 6.07) is 0. The molecule has 1 rings (SSSR count). The average molecular weight is 545 g/mol.